The van der Waals surface area contributed by atoms with E-state index in [2.05, 4.69) is 11.1 Å². The van der Waals surface area contributed by atoms with Crippen LogP contribution in [0.25, 0.3) is 6.08 Å². The van der Waals surface area contributed by atoms with E-state index in [1.54, 1.807) is 42.0 Å². The molecule has 0 unspecified atom stereocenters. The fraction of sp³-hybridized carbons (Fsp3) is 0.286. The van der Waals surface area contributed by atoms with E-state index in [4.69, 9.17) is 19.5 Å². The van der Waals surface area contributed by atoms with Gasteiger partial charge in [0.2, 0.25) is 5.90 Å². The summed E-state index contributed by atoms with van der Waals surface area (Å²) < 4.78 is 18.3. The maximum absolute atomic E-state index is 12.3. The van der Waals surface area contributed by atoms with Crippen LogP contribution in [-0.2, 0) is 16.6 Å². The average Bonchev–Trinajstić information content (AvgIpc) is 3.18. The monoisotopic (exact) mass is 379 g/mol. The van der Waals surface area contributed by atoms with E-state index in [1.165, 1.54) is 0 Å². The molecule has 0 amide bonds. The van der Waals surface area contributed by atoms with Gasteiger partial charge in [0.05, 0.1) is 13.2 Å². The van der Waals surface area contributed by atoms with Gasteiger partial charge >= 0.3 is 5.97 Å². The summed E-state index contributed by atoms with van der Waals surface area (Å²) in [4.78, 5) is 16.6. The highest BCUT2D eigenvalue weighted by Gasteiger charge is 2.25. The number of carbonyl (C=O) groups is 1. The van der Waals surface area contributed by atoms with Crippen LogP contribution < -0.4 is 9.47 Å². The molecule has 0 saturated carbocycles. The lowest BCUT2D eigenvalue weighted by Gasteiger charge is -2.11. The van der Waals surface area contributed by atoms with Crippen LogP contribution in [0.2, 0.25) is 0 Å². The minimum atomic E-state index is -0.538. The minimum Gasteiger partial charge on any atom is -0.490 e. The molecule has 2 heterocycles. The van der Waals surface area contributed by atoms with E-state index in [-0.39, 0.29) is 11.6 Å². The lowest BCUT2D eigenvalue weighted by molar-refractivity contribution is -0.129. The third-order valence-electron chi connectivity index (χ3n) is 4.39. The van der Waals surface area contributed by atoms with Crippen molar-refractivity contribution in [3.05, 3.63) is 52.5 Å². The summed E-state index contributed by atoms with van der Waals surface area (Å²) in [6.07, 6.45) is 1.63. The Morgan fingerprint density at radius 1 is 1.21 bits per heavy atom. The molecule has 7 heteroatoms. The van der Waals surface area contributed by atoms with Crippen LogP contribution in [0.1, 0.15) is 36.4 Å². The van der Waals surface area contributed by atoms with Gasteiger partial charge in [0, 0.05) is 18.3 Å². The number of esters is 1. The summed E-state index contributed by atoms with van der Waals surface area (Å²) in [5.41, 5.74) is 2.91. The van der Waals surface area contributed by atoms with Crippen LogP contribution in [-0.4, -0.2) is 29.6 Å². The van der Waals surface area contributed by atoms with E-state index in [0.29, 0.717) is 36.0 Å². The van der Waals surface area contributed by atoms with Gasteiger partial charge in [-0.1, -0.05) is 0 Å². The van der Waals surface area contributed by atoms with Crippen LogP contribution in [0.5, 0.6) is 11.5 Å². The van der Waals surface area contributed by atoms with Crippen molar-refractivity contribution >= 4 is 17.9 Å². The second-order valence-corrected chi connectivity index (χ2v) is 6.10. The van der Waals surface area contributed by atoms with Crippen molar-refractivity contribution in [3.63, 3.8) is 0 Å². The first-order valence-corrected chi connectivity index (χ1v) is 8.97. The molecular weight excluding hydrogens is 358 g/mol. The van der Waals surface area contributed by atoms with E-state index < -0.39 is 5.97 Å². The quantitative estimate of drug-likeness (QED) is 0.567. The van der Waals surface area contributed by atoms with Crippen LogP contribution >= 0.6 is 0 Å². The number of nitrogens with zero attached hydrogens (tertiary/aromatic N) is 3. The Bertz CT molecular complexity index is 1030. The van der Waals surface area contributed by atoms with Gasteiger partial charge in [-0.25, -0.2) is 9.79 Å². The van der Waals surface area contributed by atoms with Crippen LogP contribution in [0.15, 0.2) is 35.0 Å². The molecule has 0 aliphatic carbocycles. The van der Waals surface area contributed by atoms with Gasteiger partial charge in [0.1, 0.15) is 11.8 Å². The number of aliphatic imine (C=N–C) groups is 1. The van der Waals surface area contributed by atoms with Gasteiger partial charge in [-0.15, -0.1) is 0 Å². The number of hydrogen-bond donors (Lipinski definition) is 0. The number of rotatable bonds is 6. The number of hydrogen-bond acceptors (Lipinski definition) is 6. The second kappa shape index (κ2) is 8.01. The summed E-state index contributed by atoms with van der Waals surface area (Å²) in [5.74, 6) is 0.853. The largest absolute Gasteiger partial charge is 0.490 e. The Labute approximate surface area is 163 Å². The lowest BCUT2D eigenvalue weighted by atomic mass is 10.2. The molecule has 1 aliphatic heterocycles. The van der Waals surface area contributed by atoms with Crippen molar-refractivity contribution < 1.29 is 19.0 Å². The van der Waals surface area contributed by atoms with Gasteiger partial charge in [-0.2, -0.15) is 5.26 Å². The summed E-state index contributed by atoms with van der Waals surface area (Å²) >= 11 is 0. The molecular formula is C21H21N3O4. The van der Waals surface area contributed by atoms with E-state index in [0.717, 1.165) is 11.3 Å². The zero-order valence-corrected chi connectivity index (χ0v) is 16.3. The molecule has 2 aromatic rings. The molecule has 0 saturated heterocycles. The van der Waals surface area contributed by atoms with Gasteiger partial charge in [-0.05, 0) is 56.7 Å². The highest BCUT2D eigenvalue weighted by molar-refractivity contribution is 6.13. The number of nitriles is 1. The van der Waals surface area contributed by atoms with Crippen LogP contribution in [0.3, 0.4) is 0 Å². The Kier molecular flexibility index (Phi) is 5.50. The molecule has 1 aliphatic rings. The van der Waals surface area contributed by atoms with E-state index in [1.807, 2.05) is 20.8 Å². The predicted molar refractivity (Wildman–Crippen MR) is 104 cm³/mol. The molecule has 0 bridgehead atoms. The molecule has 0 spiro atoms. The van der Waals surface area contributed by atoms with Crippen molar-refractivity contribution in [2.24, 2.45) is 12.0 Å². The first-order valence-electron chi connectivity index (χ1n) is 8.97. The third-order valence-corrected chi connectivity index (χ3v) is 4.39. The third kappa shape index (κ3) is 3.62. The standard InChI is InChI=1S/C21H21N3O4/c1-5-26-18-8-7-14(11-19(18)27-6-2)20-23-17(21(25)28-20)10-15-9-16(12-22)24(4)13(15)3/h7-11H,5-6H2,1-4H3/b17-10+. The van der Waals surface area contributed by atoms with Crippen molar-refractivity contribution in [2.75, 3.05) is 13.2 Å². The fourth-order valence-electron chi connectivity index (χ4n) is 2.84. The molecule has 0 radical (unpaired) electrons. The lowest BCUT2D eigenvalue weighted by Crippen LogP contribution is -2.06. The number of ether oxygens (including phenoxy) is 3. The normalized spacial score (nSPS) is 14.6. The summed E-state index contributed by atoms with van der Waals surface area (Å²) in [6.45, 7) is 6.65. The first-order chi connectivity index (χ1) is 13.5. The van der Waals surface area contributed by atoms with Crippen molar-refractivity contribution in [1.29, 1.82) is 5.26 Å². The predicted octanol–water partition coefficient (Wildman–Crippen LogP) is 3.35. The number of aromatic nitrogens is 1. The molecule has 3 rings (SSSR count). The van der Waals surface area contributed by atoms with Crippen LogP contribution in [0, 0.1) is 18.3 Å². The van der Waals surface area contributed by atoms with Crippen molar-refractivity contribution in [3.8, 4) is 17.6 Å². The summed E-state index contributed by atoms with van der Waals surface area (Å²) in [6, 6.07) is 9.11. The maximum Gasteiger partial charge on any atom is 0.363 e. The highest BCUT2D eigenvalue weighted by Crippen LogP contribution is 2.30. The number of carbonyl (C=O) groups excluding carboxylic acids is 1. The van der Waals surface area contributed by atoms with Crippen molar-refractivity contribution in [2.45, 2.75) is 20.8 Å². The Morgan fingerprint density at radius 2 is 1.93 bits per heavy atom. The van der Waals surface area contributed by atoms with Gasteiger partial charge < -0.3 is 18.8 Å². The minimum absolute atomic E-state index is 0.181. The molecule has 28 heavy (non-hydrogen) atoms. The number of benzene rings is 1. The number of cyclic esters (lactones) is 1. The second-order valence-electron chi connectivity index (χ2n) is 6.10. The first kappa shape index (κ1) is 19.2. The zero-order chi connectivity index (χ0) is 20.3. The van der Waals surface area contributed by atoms with E-state index in [9.17, 15) is 4.79 Å². The van der Waals surface area contributed by atoms with Gasteiger partial charge in [0.15, 0.2) is 17.2 Å². The van der Waals surface area contributed by atoms with Crippen molar-refractivity contribution in [1.82, 2.24) is 4.57 Å². The smallest absolute Gasteiger partial charge is 0.363 e. The molecule has 1 aromatic heterocycles. The molecule has 1 aromatic carbocycles. The maximum atomic E-state index is 12.3. The van der Waals surface area contributed by atoms with Gasteiger partial charge in [0.25, 0.3) is 0 Å². The average molecular weight is 379 g/mol. The molecule has 0 N–H and O–H groups in total. The fourth-order valence-corrected chi connectivity index (χ4v) is 2.84. The van der Waals surface area contributed by atoms with Gasteiger partial charge in [-0.3, -0.25) is 0 Å². The topological polar surface area (TPSA) is 85.8 Å². The summed E-state index contributed by atoms with van der Waals surface area (Å²) in [5, 5.41) is 9.16. The molecule has 0 atom stereocenters. The Morgan fingerprint density at radius 3 is 2.57 bits per heavy atom. The zero-order valence-electron chi connectivity index (χ0n) is 16.3. The SMILES string of the molecule is CCOc1ccc(C2=N/C(=C/c3cc(C#N)n(C)c3C)C(=O)O2)cc1OCC. The molecule has 144 valence electrons. The molecule has 7 nitrogen and oxygen atoms in total. The van der Waals surface area contributed by atoms with E-state index >= 15 is 0 Å². The highest BCUT2D eigenvalue weighted by atomic mass is 16.6. The Hall–Kier alpha value is -3.53. The van der Waals surface area contributed by atoms with Crippen LogP contribution in [0.4, 0.5) is 0 Å². The molecule has 0 fully saturated rings. The Balaban J connectivity index is 1.96. The summed E-state index contributed by atoms with van der Waals surface area (Å²) in [7, 11) is 1.80.